The van der Waals surface area contributed by atoms with Crippen molar-refractivity contribution in [3.8, 4) is 0 Å². The number of pyridine rings is 1. The fraction of sp³-hybridized carbons (Fsp3) is 0.429. The lowest BCUT2D eigenvalue weighted by Crippen LogP contribution is -2.67. The molecule has 0 saturated carbocycles. The van der Waals surface area contributed by atoms with Gasteiger partial charge in [0, 0.05) is 38.4 Å². The van der Waals surface area contributed by atoms with Crippen LogP contribution in [-0.2, 0) is 11.8 Å². The van der Waals surface area contributed by atoms with Crippen molar-refractivity contribution in [3.63, 3.8) is 0 Å². The largest absolute Gasteiger partial charge is 0.317 e. The summed E-state index contributed by atoms with van der Waals surface area (Å²) in [4.78, 5) is 28.9. The molecule has 1 amide bonds. The van der Waals surface area contributed by atoms with Gasteiger partial charge in [-0.3, -0.25) is 14.5 Å². The molecule has 136 valence electrons. The van der Waals surface area contributed by atoms with Crippen molar-refractivity contribution in [2.45, 2.75) is 25.8 Å². The van der Waals surface area contributed by atoms with Crippen molar-refractivity contribution in [2.24, 2.45) is 12.5 Å². The summed E-state index contributed by atoms with van der Waals surface area (Å²) in [5.74, 6) is 0.195. The number of likely N-dealkylation sites (tertiary alicyclic amines) is 1. The van der Waals surface area contributed by atoms with Gasteiger partial charge < -0.3 is 9.47 Å². The van der Waals surface area contributed by atoms with Crippen LogP contribution in [0.1, 0.15) is 31.4 Å². The van der Waals surface area contributed by atoms with Crippen molar-refractivity contribution in [2.75, 3.05) is 24.5 Å². The number of rotatable bonds is 3. The summed E-state index contributed by atoms with van der Waals surface area (Å²) in [6, 6.07) is 14.1. The van der Waals surface area contributed by atoms with E-state index < -0.39 is 0 Å². The van der Waals surface area contributed by atoms with Gasteiger partial charge in [-0.05, 0) is 37.9 Å². The Morgan fingerprint density at radius 1 is 1.04 bits per heavy atom. The molecule has 0 aliphatic carbocycles. The number of hydrogen-bond acceptors (Lipinski definition) is 3. The number of hydrogen-bond donors (Lipinski definition) is 0. The number of carbonyl (C=O) groups excluding carboxylic acids is 1. The highest BCUT2D eigenvalue weighted by Gasteiger charge is 2.54. The summed E-state index contributed by atoms with van der Waals surface area (Å²) in [7, 11) is 1.72. The van der Waals surface area contributed by atoms with Gasteiger partial charge in [0.2, 0.25) is 11.5 Å². The predicted octanol–water partition coefficient (Wildman–Crippen LogP) is 2.58. The van der Waals surface area contributed by atoms with Gasteiger partial charge in [0.25, 0.3) is 0 Å². The molecule has 2 saturated heterocycles. The maximum atomic E-state index is 13.1. The molecule has 2 aromatic rings. The maximum Gasteiger partial charge on any atom is 0.250 e. The summed E-state index contributed by atoms with van der Waals surface area (Å²) >= 11 is 0. The summed E-state index contributed by atoms with van der Waals surface area (Å²) in [6.45, 7) is 4.80. The van der Waals surface area contributed by atoms with Crippen LogP contribution in [0.5, 0.6) is 0 Å². The Kier molecular flexibility index (Phi) is 4.19. The fourth-order valence-electron chi connectivity index (χ4n) is 4.33. The van der Waals surface area contributed by atoms with Crippen LogP contribution in [0.4, 0.5) is 5.69 Å². The van der Waals surface area contributed by atoms with Gasteiger partial charge in [0.15, 0.2) is 0 Å². The quantitative estimate of drug-likeness (QED) is 0.799. The van der Waals surface area contributed by atoms with Crippen LogP contribution in [-0.4, -0.2) is 35.0 Å². The Morgan fingerprint density at radius 3 is 2.50 bits per heavy atom. The maximum absolute atomic E-state index is 13.1. The molecule has 1 aromatic heterocycles. The van der Waals surface area contributed by atoms with E-state index in [0.29, 0.717) is 6.04 Å². The van der Waals surface area contributed by atoms with E-state index in [-0.39, 0.29) is 16.9 Å². The Bertz CT molecular complexity index is 876. The van der Waals surface area contributed by atoms with E-state index in [2.05, 4.69) is 36.1 Å². The van der Waals surface area contributed by atoms with Gasteiger partial charge in [0.05, 0.1) is 11.1 Å². The van der Waals surface area contributed by atoms with E-state index in [1.165, 1.54) is 16.2 Å². The highest BCUT2D eigenvalue weighted by molar-refractivity contribution is 6.04. The van der Waals surface area contributed by atoms with E-state index >= 15 is 0 Å². The van der Waals surface area contributed by atoms with Crippen LogP contribution >= 0.6 is 0 Å². The van der Waals surface area contributed by atoms with Crippen molar-refractivity contribution in [1.29, 1.82) is 0 Å². The van der Waals surface area contributed by atoms with E-state index in [1.54, 1.807) is 19.3 Å². The average molecular weight is 351 g/mol. The number of piperidine rings is 1. The van der Waals surface area contributed by atoms with Crippen molar-refractivity contribution in [1.82, 2.24) is 9.47 Å². The Hall–Kier alpha value is -2.40. The van der Waals surface area contributed by atoms with E-state index in [1.807, 2.05) is 11.0 Å². The van der Waals surface area contributed by atoms with Crippen LogP contribution in [0.3, 0.4) is 0 Å². The Labute approximate surface area is 153 Å². The zero-order chi connectivity index (χ0) is 18.3. The monoisotopic (exact) mass is 351 g/mol. The van der Waals surface area contributed by atoms with Gasteiger partial charge in [-0.2, -0.15) is 0 Å². The lowest BCUT2D eigenvalue weighted by molar-refractivity contribution is -0.140. The Morgan fingerprint density at radius 2 is 1.81 bits per heavy atom. The SMILES string of the molecule is C[C@@H](c1ccccc1)N1CCC[C@@]2(CN(c3ccc(=O)n(C)c3)C2=O)C1. The molecule has 0 radical (unpaired) electrons. The molecule has 3 heterocycles. The minimum absolute atomic E-state index is 0.0584. The first-order valence-corrected chi connectivity index (χ1v) is 9.28. The summed E-state index contributed by atoms with van der Waals surface area (Å²) in [5.41, 5.74) is 1.79. The standard InChI is InChI=1S/C21H25N3O2/c1-16(17-7-4-3-5-8-17)23-12-6-11-21(14-23)15-24(20(21)26)18-9-10-19(25)22(2)13-18/h3-5,7-10,13,16H,6,11-12,14-15H2,1-2H3/t16-,21-/m0/s1. The molecule has 5 nitrogen and oxygen atoms in total. The van der Waals surface area contributed by atoms with Crippen molar-refractivity contribution >= 4 is 11.6 Å². The van der Waals surface area contributed by atoms with E-state index in [4.69, 9.17) is 0 Å². The van der Waals surface area contributed by atoms with Gasteiger partial charge in [-0.25, -0.2) is 0 Å². The summed E-state index contributed by atoms with van der Waals surface area (Å²) in [6.07, 6.45) is 3.75. The average Bonchev–Trinajstić information content (AvgIpc) is 2.68. The smallest absolute Gasteiger partial charge is 0.250 e. The van der Waals surface area contributed by atoms with Crippen LogP contribution in [0.2, 0.25) is 0 Å². The first-order valence-electron chi connectivity index (χ1n) is 9.28. The van der Waals surface area contributed by atoms with Gasteiger partial charge >= 0.3 is 0 Å². The number of aromatic nitrogens is 1. The normalized spacial score (nSPS) is 24.5. The molecule has 2 aliphatic heterocycles. The summed E-state index contributed by atoms with van der Waals surface area (Å²) < 4.78 is 1.53. The lowest BCUT2D eigenvalue weighted by Gasteiger charge is -2.54. The number of anilines is 1. The zero-order valence-corrected chi connectivity index (χ0v) is 15.4. The third kappa shape index (κ3) is 2.76. The predicted molar refractivity (Wildman–Crippen MR) is 102 cm³/mol. The third-order valence-corrected chi connectivity index (χ3v) is 5.98. The van der Waals surface area contributed by atoms with Crippen molar-refractivity contribution < 1.29 is 4.79 Å². The zero-order valence-electron chi connectivity index (χ0n) is 15.4. The topological polar surface area (TPSA) is 45.5 Å². The number of nitrogens with zero attached hydrogens (tertiary/aromatic N) is 3. The van der Waals surface area contributed by atoms with Crippen LogP contribution < -0.4 is 10.5 Å². The number of amides is 1. The highest BCUT2D eigenvalue weighted by atomic mass is 16.2. The van der Waals surface area contributed by atoms with Crippen LogP contribution in [0.25, 0.3) is 0 Å². The molecule has 1 aromatic carbocycles. The second-order valence-electron chi connectivity index (χ2n) is 7.67. The van der Waals surface area contributed by atoms with Gasteiger partial charge in [0.1, 0.15) is 0 Å². The molecule has 0 unspecified atom stereocenters. The van der Waals surface area contributed by atoms with E-state index in [9.17, 15) is 9.59 Å². The molecule has 0 N–H and O–H groups in total. The van der Waals surface area contributed by atoms with Gasteiger partial charge in [-0.15, -0.1) is 0 Å². The molecular weight excluding hydrogens is 326 g/mol. The summed E-state index contributed by atoms with van der Waals surface area (Å²) in [5, 5.41) is 0. The molecule has 0 bridgehead atoms. The molecule has 1 spiro atoms. The lowest BCUT2D eigenvalue weighted by atomic mass is 9.71. The Balaban J connectivity index is 1.50. The van der Waals surface area contributed by atoms with Gasteiger partial charge in [-0.1, -0.05) is 30.3 Å². The first kappa shape index (κ1) is 17.0. The second kappa shape index (κ2) is 6.40. The minimum Gasteiger partial charge on any atom is -0.317 e. The number of β-lactam (4-membered cyclic amide) rings is 1. The number of benzene rings is 1. The molecule has 2 aliphatic rings. The molecule has 2 fully saturated rings. The fourth-order valence-corrected chi connectivity index (χ4v) is 4.33. The minimum atomic E-state index is -0.268. The number of carbonyl (C=O) groups is 1. The molecule has 2 atom stereocenters. The van der Waals surface area contributed by atoms with Crippen LogP contribution in [0.15, 0.2) is 53.5 Å². The molecule has 4 rings (SSSR count). The molecule has 5 heteroatoms. The van der Waals surface area contributed by atoms with E-state index in [0.717, 1.165) is 38.2 Å². The third-order valence-electron chi connectivity index (χ3n) is 5.98. The van der Waals surface area contributed by atoms with Crippen molar-refractivity contribution in [3.05, 3.63) is 64.6 Å². The molecule has 26 heavy (non-hydrogen) atoms. The highest BCUT2D eigenvalue weighted by Crippen LogP contribution is 2.44. The molecular formula is C21H25N3O2. The van der Waals surface area contributed by atoms with Crippen LogP contribution in [0, 0.1) is 5.41 Å². The number of aryl methyl sites for hydroxylation is 1. The first-order chi connectivity index (χ1) is 12.5. The second-order valence-corrected chi connectivity index (χ2v) is 7.67.